The normalized spacial score (nSPS) is 12.0. The standard InChI is InChI=1S/C23H32N2O3/c1-4-6-7-8-9-10-19-16-24-22(25-17-19)20-11-13-21(14-12-20)28-23(26)18(3)27-15-5-2/h11-14,16-18H,4-10,15H2,1-3H3. The van der Waals surface area contributed by atoms with Crippen LogP contribution in [0.15, 0.2) is 36.7 Å². The monoisotopic (exact) mass is 384 g/mol. The van der Waals surface area contributed by atoms with Crippen LogP contribution in [0.1, 0.15) is 64.9 Å². The second kappa shape index (κ2) is 12.2. The zero-order valence-corrected chi connectivity index (χ0v) is 17.3. The fourth-order valence-electron chi connectivity index (χ4n) is 2.80. The van der Waals surface area contributed by atoms with Gasteiger partial charge >= 0.3 is 5.97 Å². The van der Waals surface area contributed by atoms with Crippen LogP contribution in [0.2, 0.25) is 0 Å². The van der Waals surface area contributed by atoms with Crippen molar-refractivity contribution in [2.24, 2.45) is 0 Å². The van der Waals surface area contributed by atoms with Crippen LogP contribution < -0.4 is 4.74 Å². The van der Waals surface area contributed by atoms with E-state index in [0.717, 1.165) is 18.4 Å². The van der Waals surface area contributed by atoms with Crippen LogP contribution >= 0.6 is 0 Å². The summed E-state index contributed by atoms with van der Waals surface area (Å²) in [6.07, 6.45) is 11.5. The molecular weight excluding hydrogens is 352 g/mol. The van der Waals surface area contributed by atoms with Gasteiger partial charge in [-0.25, -0.2) is 14.8 Å². The van der Waals surface area contributed by atoms with Crippen molar-refractivity contribution in [2.75, 3.05) is 6.61 Å². The lowest BCUT2D eigenvalue weighted by Crippen LogP contribution is -2.26. The summed E-state index contributed by atoms with van der Waals surface area (Å²) in [6.45, 7) is 6.47. The van der Waals surface area contributed by atoms with Crippen LogP contribution in [0.25, 0.3) is 11.4 Å². The van der Waals surface area contributed by atoms with E-state index in [2.05, 4.69) is 16.9 Å². The lowest BCUT2D eigenvalue weighted by Gasteiger charge is -2.12. The highest BCUT2D eigenvalue weighted by Crippen LogP contribution is 2.20. The maximum atomic E-state index is 12.0. The van der Waals surface area contributed by atoms with Crippen molar-refractivity contribution >= 4 is 5.97 Å². The van der Waals surface area contributed by atoms with E-state index in [1.807, 2.05) is 31.5 Å². The molecule has 2 aromatic rings. The third-order valence-corrected chi connectivity index (χ3v) is 4.51. The van der Waals surface area contributed by atoms with Gasteiger partial charge in [0.05, 0.1) is 0 Å². The van der Waals surface area contributed by atoms with E-state index in [1.54, 1.807) is 19.1 Å². The fraction of sp³-hybridized carbons (Fsp3) is 0.522. The molecule has 0 bridgehead atoms. The Kier molecular flexibility index (Phi) is 9.63. The average molecular weight is 385 g/mol. The Hall–Kier alpha value is -2.27. The number of benzene rings is 1. The van der Waals surface area contributed by atoms with E-state index < -0.39 is 6.10 Å². The van der Waals surface area contributed by atoms with Crippen LogP contribution in [-0.2, 0) is 16.0 Å². The number of aromatic nitrogens is 2. The molecule has 0 saturated heterocycles. The predicted octanol–water partition coefficient (Wildman–Crippen LogP) is 5.38. The molecule has 1 aromatic carbocycles. The van der Waals surface area contributed by atoms with Gasteiger partial charge in [0.2, 0.25) is 0 Å². The number of carbonyl (C=O) groups excluding carboxylic acids is 1. The number of aryl methyl sites for hydroxylation is 1. The molecule has 0 spiro atoms. The Morgan fingerprint density at radius 1 is 0.964 bits per heavy atom. The summed E-state index contributed by atoms with van der Waals surface area (Å²) in [6, 6.07) is 7.23. The van der Waals surface area contributed by atoms with E-state index in [1.165, 1.54) is 37.7 Å². The first kappa shape index (κ1) is 22.0. The molecule has 0 N–H and O–H groups in total. The molecule has 5 nitrogen and oxygen atoms in total. The molecule has 0 amide bonds. The largest absolute Gasteiger partial charge is 0.425 e. The van der Waals surface area contributed by atoms with Gasteiger partial charge in [-0.2, -0.15) is 0 Å². The summed E-state index contributed by atoms with van der Waals surface area (Å²) in [5.41, 5.74) is 2.07. The SMILES string of the molecule is CCCCCCCc1cnc(-c2ccc(OC(=O)C(C)OCCC)cc2)nc1. The first-order valence-electron chi connectivity index (χ1n) is 10.4. The zero-order valence-electron chi connectivity index (χ0n) is 17.3. The molecule has 1 unspecified atom stereocenters. The molecule has 0 aliphatic heterocycles. The molecule has 5 heteroatoms. The van der Waals surface area contributed by atoms with E-state index in [4.69, 9.17) is 9.47 Å². The Morgan fingerprint density at radius 2 is 1.64 bits per heavy atom. The van der Waals surface area contributed by atoms with Crippen LogP contribution in [0.4, 0.5) is 0 Å². The minimum Gasteiger partial charge on any atom is -0.425 e. The molecule has 152 valence electrons. The third-order valence-electron chi connectivity index (χ3n) is 4.51. The summed E-state index contributed by atoms with van der Waals surface area (Å²) in [5.74, 6) is 0.775. The molecule has 1 heterocycles. The van der Waals surface area contributed by atoms with Gasteiger partial charge in [0.15, 0.2) is 11.9 Å². The number of nitrogens with zero attached hydrogens (tertiary/aromatic N) is 2. The molecule has 1 atom stereocenters. The summed E-state index contributed by atoms with van der Waals surface area (Å²) in [5, 5.41) is 0. The Labute approximate surface area is 168 Å². The third kappa shape index (κ3) is 7.39. The topological polar surface area (TPSA) is 61.3 Å². The van der Waals surface area contributed by atoms with Gasteiger partial charge in [-0.1, -0.05) is 39.5 Å². The number of hydrogen-bond acceptors (Lipinski definition) is 5. The van der Waals surface area contributed by atoms with Crippen LogP contribution in [0.5, 0.6) is 5.75 Å². The maximum absolute atomic E-state index is 12.0. The van der Waals surface area contributed by atoms with Crippen molar-refractivity contribution in [3.63, 3.8) is 0 Å². The summed E-state index contributed by atoms with van der Waals surface area (Å²) < 4.78 is 10.7. The molecule has 2 rings (SSSR count). The first-order chi connectivity index (χ1) is 13.6. The molecule has 0 aliphatic rings. The van der Waals surface area contributed by atoms with Gasteiger partial charge in [0.25, 0.3) is 0 Å². The number of unbranched alkanes of at least 4 members (excludes halogenated alkanes) is 4. The van der Waals surface area contributed by atoms with E-state index >= 15 is 0 Å². The second-order valence-electron chi connectivity index (χ2n) is 7.04. The quantitative estimate of drug-likeness (QED) is 0.279. The van der Waals surface area contributed by atoms with Crippen LogP contribution in [0, 0.1) is 0 Å². The van der Waals surface area contributed by atoms with Crippen molar-refractivity contribution in [1.82, 2.24) is 9.97 Å². The Morgan fingerprint density at radius 3 is 2.29 bits per heavy atom. The lowest BCUT2D eigenvalue weighted by atomic mass is 10.1. The maximum Gasteiger partial charge on any atom is 0.340 e. The van der Waals surface area contributed by atoms with Gasteiger partial charge in [-0.05, 0) is 56.0 Å². The van der Waals surface area contributed by atoms with E-state index in [0.29, 0.717) is 18.2 Å². The number of ether oxygens (including phenoxy) is 2. The minimum absolute atomic E-state index is 0.388. The van der Waals surface area contributed by atoms with Crippen molar-refractivity contribution in [3.8, 4) is 17.1 Å². The fourth-order valence-corrected chi connectivity index (χ4v) is 2.80. The summed E-state index contributed by atoms with van der Waals surface area (Å²) in [4.78, 5) is 20.9. The average Bonchev–Trinajstić information content (AvgIpc) is 2.73. The lowest BCUT2D eigenvalue weighted by molar-refractivity contribution is -0.146. The van der Waals surface area contributed by atoms with Crippen molar-refractivity contribution in [2.45, 2.75) is 71.8 Å². The number of hydrogen-bond donors (Lipinski definition) is 0. The Bertz CT molecular complexity index is 699. The smallest absolute Gasteiger partial charge is 0.340 e. The highest BCUT2D eigenvalue weighted by Gasteiger charge is 2.15. The number of esters is 1. The van der Waals surface area contributed by atoms with E-state index in [-0.39, 0.29) is 5.97 Å². The van der Waals surface area contributed by atoms with Gasteiger partial charge in [-0.15, -0.1) is 0 Å². The molecule has 0 fully saturated rings. The van der Waals surface area contributed by atoms with Crippen LogP contribution in [-0.4, -0.2) is 28.6 Å². The second-order valence-corrected chi connectivity index (χ2v) is 7.04. The molecule has 28 heavy (non-hydrogen) atoms. The number of rotatable bonds is 12. The predicted molar refractivity (Wildman–Crippen MR) is 111 cm³/mol. The van der Waals surface area contributed by atoms with Gasteiger partial charge < -0.3 is 9.47 Å². The van der Waals surface area contributed by atoms with Crippen molar-refractivity contribution < 1.29 is 14.3 Å². The molecule has 0 aliphatic carbocycles. The zero-order chi connectivity index (χ0) is 20.2. The molecular formula is C23H32N2O3. The molecule has 0 radical (unpaired) electrons. The van der Waals surface area contributed by atoms with Crippen molar-refractivity contribution in [1.29, 1.82) is 0 Å². The first-order valence-corrected chi connectivity index (χ1v) is 10.4. The Balaban J connectivity index is 1.86. The number of carbonyl (C=O) groups is 1. The molecule has 0 saturated carbocycles. The summed E-state index contributed by atoms with van der Waals surface area (Å²) >= 11 is 0. The van der Waals surface area contributed by atoms with Gasteiger partial charge in [0.1, 0.15) is 5.75 Å². The molecule has 1 aromatic heterocycles. The van der Waals surface area contributed by atoms with Gasteiger partial charge in [0, 0.05) is 24.6 Å². The van der Waals surface area contributed by atoms with E-state index in [9.17, 15) is 4.79 Å². The highest BCUT2D eigenvalue weighted by atomic mass is 16.6. The van der Waals surface area contributed by atoms with Crippen LogP contribution in [0.3, 0.4) is 0 Å². The minimum atomic E-state index is -0.572. The summed E-state index contributed by atoms with van der Waals surface area (Å²) in [7, 11) is 0. The highest BCUT2D eigenvalue weighted by molar-refractivity contribution is 5.77. The van der Waals surface area contributed by atoms with Crippen molar-refractivity contribution in [3.05, 3.63) is 42.2 Å². The van der Waals surface area contributed by atoms with Gasteiger partial charge in [-0.3, -0.25) is 0 Å².